The zero-order chi connectivity index (χ0) is 47.4. The second-order valence-electron chi connectivity index (χ2n) is 21.3. The molecule has 1 saturated carbocycles. The molecule has 362 valence electrons. The maximum Gasteiger partial charge on any atom is 0.233 e. The van der Waals surface area contributed by atoms with E-state index in [9.17, 15) is 10.1 Å². The molecule has 14 nitrogen and oxygen atoms in total. The summed E-state index contributed by atoms with van der Waals surface area (Å²) in [5.41, 5.74) is 10.5. The van der Waals surface area contributed by atoms with Crippen LogP contribution in [0.4, 0.5) is 23.0 Å². The molecule has 1 aliphatic carbocycles. The lowest BCUT2D eigenvalue weighted by molar-refractivity contribution is -0.129. The number of likely N-dealkylation sites (tertiary alicyclic amines) is 1. The molecule has 15 heteroatoms. The number of piperidine rings is 2. The number of benzene rings is 2. The molecule has 3 aromatic heterocycles. The van der Waals surface area contributed by atoms with Crippen molar-refractivity contribution >= 4 is 40.5 Å². The van der Waals surface area contributed by atoms with Gasteiger partial charge in [-0.1, -0.05) is 11.6 Å². The third kappa shape index (κ3) is 9.17. The molecule has 8 heterocycles. The lowest BCUT2D eigenvalue weighted by Gasteiger charge is -2.39. The minimum atomic E-state index is 0.134. The van der Waals surface area contributed by atoms with Gasteiger partial charge in [-0.25, -0.2) is 4.98 Å². The average Bonchev–Trinajstić information content (AvgIpc) is 4.06. The number of halogens is 1. The van der Waals surface area contributed by atoms with Crippen LogP contribution in [-0.4, -0.2) is 110 Å². The summed E-state index contributed by atoms with van der Waals surface area (Å²) in [7, 11) is 2.02. The highest BCUT2D eigenvalue weighted by molar-refractivity contribution is 6.32. The van der Waals surface area contributed by atoms with Crippen LogP contribution in [0.5, 0.6) is 5.88 Å². The Balaban J connectivity index is 0.666. The molecule has 0 bridgehead atoms. The molecule has 1 atom stereocenters. The normalized spacial score (nSPS) is 23.0. The van der Waals surface area contributed by atoms with Gasteiger partial charge in [0.2, 0.25) is 11.8 Å². The van der Waals surface area contributed by atoms with Gasteiger partial charge in [-0.05, 0) is 143 Å². The molecule has 69 heavy (non-hydrogen) atoms. The van der Waals surface area contributed by atoms with Crippen molar-refractivity contribution in [2.45, 2.75) is 123 Å². The smallest absolute Gasteiger partial charge is 0.233 e. The summed E-state index contributed by atoms with van der Waals surface area (Å²) in [6.07, 6.45) is 17.1. The SMILES string of the molecule is CC(=O)N1CCc2c(c(N3CCCc4cc(-c5cn(C)cn5)c(C)cc43)nn2C2CCN(CC3CCC(Oc4ccc(N5CCC6(CC5)C[C@H](C)N(c5ccc(C#N)c(Cl)c5)C6)nn4)CC3)CC2)C1. The van der Waals surface area contributed by atoms with Gasteiger partial charge < -0.3 is 33.8 Å². The molecule has 5 aliphatic heterocycles. The summed E-state index contributed by atoms with van der Waals surface area (Å²) < 4.78 is 10.9. The molecule has 0 N–H and O–H groups in total. The van der Waals surface area contributed by atoms with E-state index in [0.29, 0.717) is 41.0 Å². The number of amides is 1. The molecule has 6 aliphatic rings. The van der Waals surface area contributed by atoms with Gasteiger partial charge in [0.1, 0.15) is 12.2 Å². The minimum Gasteiger partial charge on any atom is -0.473 e. The van der Waals surface area contributed by atoms with Crippen LogP contribution in [0.2, 0.25) is 5.02 Å². The van der Waals surface area contributed by atoms with Gasteiger partial charge in [-0.3, -0.25) is 9.48 Å². The molecule has 0 radical (unpaired) electrons. The van der Waals surface area contributed by atoms with E-state index in [4.69, 9.17) is 21.4 Å². The van der Waals surface area contributed by atoms with Gasteiger partial charge in [0.15, 0.2) is 11.6 Å². The second-order valence-corrected chi connectivity index (χ2v) is 21.7. The van der Waals surface area contributed by atoms with Crippen LogP contribution in [0, 0.1) is 29.6 Å². The molecule has 11 rings (SSSR count). The molecule has 2 aromatic carbocycles. The van der Waals surface area contributed by atoms with Gasteiger partial charge in [0.25, 0.3) is 0 Å². The third-order valence-electron chi connectivity index (χ3n) is 16.7. The number of hydrogen-bond acceptors (Lipinski definition) is 11. The lowest BCUT2D eigenvalue weighted by atomic mass is 9.77. The predicted octanol–water partition coefficient (Wildman–Crippen LogP) is 9.06. The summed E-state index contributed by atoms with van der Waals surface area (Å²) in [4.78, 5) is 29.4. The number of aryl methyl sites for hydroxylation is 3. The van der Waals surface area contributed by atoms with E-state index in [1.54, 1.807) is 6.92 Å². The fraction of sp³-hybridized carbons (Fsp3) is 0.556. The summed E-state index contributed by atoms with van der Waals surface area (Å²) in [5, 5.41) is 24.6. The first-order chi connectivity index (χ1) is 33.5. The van der Waals surface area contributed by atoms with Gasteiger partial charge >= 0.3 is 0 Å². The van der Waals surface area contributed by atoms with Crippen LogP contribution < -0.4 is 19.4 Å². The van der Waals surface area contributed by atoms with Gasteiger partial charge in [0, 0.05) is 119 Å². The first kappa shape index (κ1) is 45.8. The number of nitriles is 1. The average molecular weight is 952 g/mol. The Bertz CT molecular complexity index is 2720. The van der Waals surface area contributed by atoms with Crippen LogP contribution in [0.3, 0.4) is 0 Å². The lowest BCUT2D eigenvalue weighted by Crippen LogP contribution is -2.42. The molecular weight excluding hydrogens is 884 g/mol. The number of fused-ring (bicyclic) bond motifs is 2. The van der Waals surface area contributed by atoms with Gasteiger partial charge in [-0.15, -0.1) is 10.2 Å². The molecule has 0 unspecified atom stereocenters. The van der Waals surface area contributed by atoms with Crippen molar-refractivity contribution in [3.8, 4) is 23.2 Å². The number of anilines is 4. The Kier molecular flexibility index (Phi) is 12.6. The molecular formula is C54H67ClN12O2. The number of ether oxygens (including phenoxy) is 1. The molecule has 1 spiro atoms. The van der Waals surface area contributed by atoms with E-state index in [1.165, 1.54) is 46.5 Å². The van der Waals surface area contributed by atoms with Crippen molar-refractivity contribution in [3.05, 3.63) is 88.0 Å². The van der Waals surface area contributed by atoms with Crippen LogP contribution >= 0.6 is 11.6 Å². The zero-order valence-electron chi connectivity index (χ0n) is 40.9. The number of hydrogen-bond donors (Lipinski definition) is 0. The van der Waals surface area contributed by atoms with E-state index in [1.807, 2.05) is 47.1 Å². The Morgan fingerprint density at radius 2 is 1.77 bits per heavy atom. The van der Waals surface area contributed by atoms with Gasteiger partial charge in [-0.2, -0.15) is 10.4 Å². The first-order valence-electron chi connectivity index (χ1n) is 25.7. The Hall–Kier alpha value is -5.65. The number of carbonyl (C=O) groups is 1. The number of nitrogens with zero attached hydrogens (tertiary/aromatic N) is 12. The number of imidazole rings is 1. The molecule has 1 amide bonds. The highest BCUT2D eigenvalue weighted by Crippen LogP contribution is 2.46. The monoisotopic (exact) mass is 951 g/mol. The van der Waals surface area contributed by atoms with Crippen molar-refractivity contribution < 1.29 is 9.53 Å². The van der Waals surface area contributed by atoms with Crippen LogP contribution in [-0.2, 0) is 31.2 Å². The van der Waals surface area contributed by atoms with E-state index in [-0.39, 0.29) is 17.4 Å². The third-order valence-corrected chi connectivity index (χ3v) is 17.0. The highest BCUT2D eigenvalue weighted by Gasteiger charge is 2.44. The zero-order valence-corrected chi connectivity index (χ0v) is 41.7. The van der Waals surface area contributed by atoms with E-state index < -0.39 is 0 Å². The first-order valence-corrected chi connectivity index (χ1v) is 26.1. The Morgan fingerprint density at radius 1 is 0.957 bits per heavy atom. The van der Waals surface area contributed by atoms with E-state index in [0.717, 1.165) is 140 Å². The highest BCUT2D eigenvalue weighted by atomic mass is 35.5. The van der Waals surface area contributed by atoms with Crippen molar-refractivity contribution in [2.75, 3.05) is 67.1 Å². The molecule has 4 fully saturated rings. The fourth-order valence-electron chi connectivity index (χ4n) is 12.9. The van der Waals surface area contributed by atoms with E-state index in [2.05, 4.69) is 83.8 Å². The molecule has 3 saturated heterocycles. The maximum absolute atomic E-state index is 12.7. The topological polar surface area (TPSA) is 128 Å². The Morgan fingerprint density at radius 3 is 2.48 bits per heavy atom. The minimum absolute atomic E-state index is 0.134. The van der Waals surface area contributed by atoms with Crippen molar-refractivity contribution in [1.29, 1.82) is 5.26 Å². The summed E-state index contributed by atoms with van der Waals surface area (Å²) in [6, 6.07) is 17.6. The quantitative estimate of drug-likeness (QED) is 0.140. The van der Waals surface area contributed by atoms with Crippen molar-refractivity contribution in [1.82, 2.24) is 39.3 Å². The van der Waals surface area contributed by atoms with Crippen LogP contribution in [0.25, 0.3) is 11.3 Å². The summed E-state index contributed by atoms with van der Waals surface area (Å²) in [5.74, 6) is 3.41. The largest absolute Gasteiger partial charge is 0.473 e. The van der Waals surface area contributed by atoms with E-state index >= 15 is 0 Å². The standard InChI is InChI=1S/C54H67ClN12O2/c1-36-26-50-40(27-45(36)48-33-61(4)35-57-48)6-5-20-65(50)53-46-32-64(38(3)68)23-17-49(46)67(60-53)42-15-21-62(22-16-42)31-39-7-11-44(12-8-39)69-52-14-13-51(58-59-52)63-24-18-54(19-25-63)29-37(2)66(34-54)43-10-9-41(30-56)47(55)28-43/h9-10,13-14,26-28,33,35,37,39,42,44H,5-8,11-12,15-25,29,31-32,34H2,1-4H3/t37-,39?,44?/m0/s1. The number of carbonyl (C=O) groups excluding carboxylic acids is 1. The fourth-order valence-corrected chi connectivity index (χ4v) is 13.1. The van der Waals surface area contributed by atoms with Crippen LogP contribution in [0.1, 0.15) is 112 Å². The number of aromatic nitrogens is 6. The van der Waals surface area contributed by atoms with Gasteiger partial charge in [0.05, 0.1) is 35.2 Å². The predicted molar refractivity (Wildman–Crippen MR) is 270 cm³/mol. The van der Waals surface area contributed by atoms with Crippen molar-refractivity contribution in [2.24, 2.45) is 18.4 Å². The maximum atomic E-state index is 12.7. The van der Waals surface area contributed by atoms with Crippen LogP contribution in [0.15, 0.2) is 55.0 Å². The second kappa shape index (κ2) is 18.9. The van der Waals surface area contributed by atoms with Crippen molar-refractivity contribution in [3.63, 3.8) is 0 Å². The Labute approximate surface area is 412 Å². The number of rotatable bonds is 9. The molecule has 5 aromatic rings. The summed E-state index contributed by atoms with van der Waals surface area (Å²) >= 11 is 6.41. The summed E-state index contributed by atoms with van der Waals surface area (Å²) in [6.45, 7) is 14.7.